The van der Waals surface area contributed by atoms with E-state index >= 15 is 0 Å². The van der Waals surface area contributed by atoms with E-state index in [0.29, 0.717) is 11.4 Å². The van der Waals surface area contributed by atoms with E-state index in [2.05, 4.69) is 16.8 Å². The molecule has 2 aromatic carbocycles. The molecule has 0 aliphatic heterocycles. The van der Waals surface area contributed by atoms with Crippen molar-refractivity contribution in [2.24, 2.45) is 0 Å². The second kappa shape index (κ2) is 8.47. The fraction of sp³-hybridized carbons (Fsp3) is 0.348. The van der Waals surface area contributed by atoms with Gasteiger partial charge >= 0.3 is 6.09 Å². The summed E-state index contributed by atoms with van der Waals surface area (Å²) in [5.41, 5.74) is 10.8. The SMILES string of the molecule is CCn1c(-c2cccc(NC(=O)OC(C)C)c2)c(N)c2ccc(OC(C)C)cc21. The highest BCUT2D eigenvalue weighted by atomic mass is 16.6. The van der Waals surface area contributed by atoms with Crippen molar-refractivity contribution < 1.29 is 14.3 Å². The number of carbonyl (C=O) groups is 1. The summed E-state index contributed by atoms with van der Waals surface area (Å²) in [6, 6.07) is 13.6. The number of rotatable bonds is 6. The summed E-state index contributed by atoms with van der Waals surface area (Å²) >= 11 is 0. The molecule has 3 aromatic rings. The van der Waals surface area contributed by atoms with Crippen LogP contribution >= 0.6 is 0 Å². The molecule has 3 rings (SSSR count). The molecule has 0 spiro atoms. The van der Waals surface area contributed by atoms with Gasteiger partial charge in [-0.3, -0.25) is 5.32 Å². The molecule has 154 valence electrons. The van der Waals surface area contributed by atoms with Crippen molar-refractivity contribution in [2.75, 3.05) is 11.1 Å². The minimum Gasteiger partial charge on any atom is -0.491 e. The second-order valence-corrected chi connectivity index (χ2v) is 7.51. The van der Waals surface area contributed by atoms with Gasteiger partial charge in [-0.15, -0.1) is 0 Å². The molecule has 0 bridgehead atoms. The van der Waals surface area contributed by atoms with E-state index in [1.807, 2.05) is 70.2 Å². The number of nitrogens with zero attached hydrogens (tertiary/aromatic N) is 1. The van der Waals surface area contributed by atoms with E-state index in [1.54, 1.807) is 0 Å². The second-order valence-electron chi connectivity index (χ2n) is 7.51. The molecule has 0 unspecified atom stereocenters. The molecule has 0 atom stereocenters. The standard InChI is InChI=1S/C23H29N3O3/c1-6-26-20-13-18(28-14(2)3)10-11-19(20)21(24)22(26)16-8-7-9-17(12-16)25-23(27)29-15(4)5/h7-15H,6,24H2,1-5H3,(H,25,27). The average Bonchev–Trinajstić information content (AvgIpc) is 2.92. The lowest BCUT2D eigenvalue weighted by atomic mass is 10.1. The van der Waals surface area contributed by atoms with Gasteiger partial charge in [-0.25, -0.2) is 4.79 Å². The van der Waals surface area contributed by atoms with Crippen molar-refractivity contribution in [3.05, 3.63) is 42.5 Å². The van der Waals surface area contributed by atoms with Crippen LogP contribution in [0.25, 0.3) is 22.2 Å². The Balaban J connectivity index is 2.04. The number of hydrogen-bond donors (Lipinski definition) is 2. The molecule has 0 saturated carbocycles. The number of benzene rings is 2. The van der Waals surface area contributed by atoms with Crippen LogP contribution in [0.1, 0.15) is 34.6 Å². The number of aromatic nitrogens is 1. The Morgan fingerprint density at radius 2 is 1.86 bits per heavy atom. The lowest BCUT2D eigenvalue weighted by Gasteiger charge is -2.13. The van der Waals surface area contributed by atoms with E-state index < -0.39 is 6.09 Å². The quantitative estimate of drug-likeness (QED) is 0.565. The third kappa shape index (κ3) is 4.47. The van der Waals surface area contributed by atoms with Gasteiger partial charge in [0.25, 0.3) is 0 Å². The Morgan fingerprint density at radius 1 is 1.10 bits per heavy atom. The predicted molar refractivity (Wildman–Crippen MR) is 118 cm³/mol. The van der Waals surface area contributed by atoms with Gasteiger partial charge in [-0.1, -0.05) is 12.1 Å². The van der Waals surface area contributed by atoms with Crippen LogP contribution in [0.15, 0.2) is 42.5 Å². The molecule has 6 nitrogen and oxygen atoms in total. The molecular formula is C23H29N3O3. The lowest BCUT2D eigenvalue weighted by molar-refractivity contribution is 0.130. The van der Waals surface area contributed by atoms with Crippen molar-refractivity contribution in [3.63, 3.8) is 0 Å². The smallest absolute Gasteiger partial charge is 0.411 e. The molecule has 1 amide bonds. The monoisotopic (exact) mass is 395 g/mol. The number of nitrogen functional groups attached to an aromatic ring is 1. The topological polar surface area (TPSA) is 78.5 Å². The van der Waals surface area contributed by atoms with Gasteiger partial charge < -0.3 is 19.8 Å². The van der Waals surface area contributed by atoms with Crippen LogP contribution in [-0.4, -0.2) is 22.9 Å². The third-order valence-electron chi connectivity index (χ3n) is 4.49. The highest BCUT2D eigenvalue weighted by Gasteiger charge is 2.17. The molecule has 0 aliphatic rings. The van der Waals surface area contributed by atoms with Crippen LogP contribution in [0.3, 0.4) is 0 Å². The Bertz CT molecular complexity index is 1020. The Morgan fingerprint density at radius 3 is 2.52 bits per heavy atom. The van der Waals surface area contributed by atoms with Gasteiger partial charge in [0, 0.05) is 29.2 Å². The van der Waals surface area contributed by atoms with E-state index in [-0.39, 0.29) is 12.2 Å². The van der Waals surface area contributed by atoms with Gasteiger partial charge in [0.1, 0.15) is 5.75 Å². The minimum absolute atomic E-state index is 0.0997. The maximum atomic E-state index is 11.9. The zero-order valence-corrected chi connectivity index (χ0v) is 17.7. The summed E-state index contributed by atoms with van der Waals surface area (Å²) < 4.78 is 13.2. The number of anilines is 2. The van der Waals surface area contributed by atoms with Gasteiger partial charge in [-0.2, -0.15) is 0 Å². The van der Waals surface area contributed by atoms with Gasteiger partial charge in [0.2, 0.25) is 0 Å². The molecule has 0 aliphatic carbocycles. The van der Waals surface area contributed by atoms with Crippen molar-refractivity contribution in [3.8, 4) is 17.0 Å². The summed E-state index contributed by atoms with van der Waals surface area (Å²) in [4.78, 5) is 11.9. The zero-order chi connectivity index (χ0) is 21.1. The van der Waals surface area contributed by atoms with E-state index in [0.717, 1.165) is 34.5 Å². The van der Waals surface area contributed by atoms with Gasteiger partial charge in [0.05, 0.1) is 29.1 Å². The fourth-order valence-electron chi connectivity index (χ4n) is 3.45. The van der Waals surface area contributed by atoms with Crippen molar-refractivity contribution in [1.29, 1.82) is 0 Å². The first-order valence-electron chi connectivity index (χ1n) is 9.96. The molecule has 3 N–H and O–H groups in total. The molecule has 0 radical (unpaired) electrons. The van der Waals surface area contributed by atoms with Crippen LogP contribution in [-0.2, 0) is 11.3 Å². The summed E-state index contributed by atoms with van der Waals surface area (Å²) in [6.45, 7) is 10.5. The number of amides is 1. The predicted octanol–water partition coefficient (Wildman–Crippen LogP) is 5.65. The van der Waals surface area contributed by atoms with Crippen molar-refractivity contribution >= 4 is 28.4 Å². The summed E-state index contributed by atoms with van der Waals surface area (Å²) in [6.07, 6.45) is -0.557. The van der Waals surface area contributed by atoms with Gasteiger partial charge in [-0.05, 0) is 58.9 Å². The van der Waals surface area contributed by atoms with Crippen LogP contribution < -0.4 is 15.8 Å². The number of ether oxygens (including phenoxy) is 2. The highest BCUT2D eigenvalue weighted by Crippen LogP contribution is 2.38. The number of nitrogens with one attached hydrogen (secondary N) is 1. The lowest BCUT2D eigenvalue weighted by Crippen LogP contribution is -2.17. The first kappa shape index (κ1) is 20.6. The molecule has 1 heterocycles. The number of hydrogen-bond acceptors (Lipinski definition) is 4. The van der Waals surface area contributed by atoms with E-state index in [9.17, 15) is 4.79 Å². The maximum absolute atomic E-state index is 11.9. The fourth-order valence-corrected chi connectivity index (χ4v) is 3.45. The van der Waals surface area contributed by atoms with Crippen LogP contribution in [0, 0.1) is 0 Å². The Labute approximate surface area is 171 Å². The maximum Gasteiger partial charge on any atom is 0.411 e. The number of aryl methyl sites for hydroxylation is 1. The van der Waals surface area contributed by atoms with Gasteiger partial charge in [0.15, 0.2) is 0 Å². The zero-order valence-electron chi connectivity index (χ0n) is 17.7. The van der Waals surface area contributed by atoms with E-state index in [4.69, 9.17) is 15.2 Å². The first-order chi connectivity index (χ1) is 13.8. The van der Waals surface area contributed by atoms with Crippen LogP contribution in [0.5, 0.6) is 5.75 Å². The molecule has 1 aromatic heterocycles. The largest absolute Gasteiger partial charge is 0.491 e. The summed E-state index contributed by atoms with van der Waals surface area (Å²) in [5.74, 6) is 0.818. The Hall–Kier alpha value is -3.15. The first-order valence-corrected chi connectivity index (χ1v) is 9.96. The number of fused-ring (bicyclic) bond motifs is 1. The van der Waals surface area contributed by atoms with Crippen molar-refractivity contribution in [1.82, 2.24) is 4.57 Å². The van der Waals surface area contributed by atoms with Crippen molar-refractivity contribution in [2.45, 2.75) is 53.4 Å². The molecule has 29 heavy (non-hydrogen) atoms. The molecule has 0 saturated heterocycles. The highest BCUT2D eigenvalue weighted by molar-refractivity contribution is 6.02. The number of nitrogens with two attached hydrogens (primary N) is 1. The minimum atomic E-state index is -0.475. The normalized spacial score (nSPS) is 11.3. The molecular weight excluding hydrogens is 366 g/mol. The molecule has 0 fully saturated rings. The Kier molecular flexibility index (Phi) is 6.01. The summed E-state index contributed by atoms with van der Waals surface area (Å²) in [7, 11) is 0. The summed E-state index contributed by atoms with van der Waals surface area (Å²) in [5, 5.41) is 3.76. The molecule has 6 heteroatoms. The van der Waals surface area contributed by atoms with E-state index in [1.165, 1.54) is 0 Å². The third-order valence-corrected chi connectivity index (χ3v) is 4.49. The average molecular weight is 396 g/mol. The van der Waals surface area contributed by atoms with Crippen LogP contribution in [0.2, 0.25) is 0 Å². The van der Waals surface area contributed by atoms with Crippen LogP contribution in [0.4, 0.5) is 16.2 Å². The number of carbonyl (C=O) groups excluding carboxylic acids is 1.